The molecule has 3 aromatic heterocycles. The van der Waals surface area contributed by atoms with Crippen LogP contribution in [0.4, 0.5) is 5.82 Å². The van der Waals surface area contributed by atoms with Gasteiger partial charge in [0.25, 0.3) is 0 Å². The summed E-state index contributed by atoms with van der Waals surface area (Å²) in [5, 5.41) is 9.64. The molecule has 0 atom stereocenters. The number of fused-ring (bicyclic) bond motifs is 1. The summed E-state index contributed by atoms with van der Waals surface area (Å²) in [7, 11) is 0. The van der Waals surface area contributed by atoms with Crippen LogP contribution in [0.25, 0.3) is 28.2 Å². The van der Waals surface area contributed by atoms with Gasteiger partial charge in [0.2, 0.25) is 0 Å². The summed E-state index contributed by atoms with van der Waals surface area (Å²) in [6, 6.07) is 14.7. The van der Waals surface area contributed by atoms with Gasteiger partial charge in [-0.3, -0.25) is 4.57 Å². The minimum atomic E-state index is -0.0164. The van der Waals surface area contributed by atoms with E-state index in [1.807, 2.05) is 74.7 Å². The summed E-state index contributed by atoms with van der Waals surface area (Å²) in [6.45, 7) is 7.98. The lowest BCUT2D eigenvalue weighted by atomic mass is 10.2. The van der Waals surface area contributed by atoms with Crippen LogP contribution in [0.1, 0.15) is 33.3 Å². The van der Waals surface area contributed by atoms with Crippen molar-refractivity contribution in [1.82, 2.24) is 19.5 Å². The van der Waals surface area contributed by atoms with Crippen molar-refractivity contribution in [2.45, 2.75) is 34.3 Å². The van der Waals surface area contributed by atoms with Gasteiger partial charge in [0, 0.05) is 11.9 Å². The normalized spacial score (nSPS) is 10.0. The topological polar surface area (TPSA) is 89.9 Å². The Morgan fingerprint density at radius 1 is 0.966 bits per heavy atom. The third-order valence-corrected chi connectivity index (χ3v) is 4.14. The number of nitrogens with two attached hydrogens (primary N) is 1. The van der Waals surface area contributed by atoms with Crippen LogP contribution in [-0.4, -0.2) is 24.6 Å². The first-order chi connectivity index (χ1) is 14.2. The van der Waals surface area contributed by atoms with Crippen molar-refractivity contribution in [2.75, 3.05) is 5.73 Å². The van der Waals surface area contributed by atoms with Gasteiger partial charge in [-0.1, -0.05) is 51.4 Å². The predicted octanol–water partition coefficient (Wildman–Crippen LogP) is 5.26. The summed E-state index contributed by atoms with van der Waals surface area (Å²) >= 11 is 6.09. The number of anilines is 1. The van der Waals surface area contributed by atoms with E-state index < -0.39 is 0 Å². The molecule has 0 unspecified atom stereocenters. The van der Waals surface area contributed by atoms with Gasteiger partial charge >= 0.3 is 0 Å². The van der Waals surface area contributed by atoms with E-state index in [0.717, 1.165) is 11.3 Å². The summed E-state index contributed by atoms with van der Waals surface area (Å²) in [4.78, 5) is 13.3. The number of halogens is 1. The fourth-order valence-corrected chi connectivity index (χ4v) is 2.86. The zero-order chi connectivity index (χ0) is 21.4. The molecule has 1 aromatic carbocycles. The van der Waals surface area contributed by atoms with Gasteiger partial charge in [-0.15, -0.1) is 0 Å². The second-order valence-corrected chi connectivity index (χ2v) is 5.90. The van der Waals surface area contributed by atoms with Crippen molar-refractivity contribution in [2.24, 2.45) is 0 Å². The lowest BCUT2D eigenvalue weighted by molar-refractivity contribution is 0.282. The Morgan fingerprint density at radius 3 is 2.28 bits per heavy atom. The molecule has 0 amide bonds. The molecule has 7 heteroatoms. The number of hydrogen-bond donors (Lipinski definition) is 2. The molecule has 0 aliphatic rings. The van der Waals surface area contributed by atoms with Crippen LogP contribution in [0.15, 0.2) is 54.7 Å². The average Bonchev–Trinajstić information content (AvgIpc) is 3.15. The highest BCUT2D eigenvalue weighted by molar-refractivity contribution is 6.29. The van der Waals surface area contributed by atoms with E-state index in [1.165, 1.54) is 0 Å². The SMILES string of the molecule is CC.CC.Nc1ncccc1-c1nc2ccc(Cl)nc2n1-c1ccc(CO)cc1. The number of aromatic nitrogens is 4. The van der Waals surface area contributed by atoms with E-state index in [-0.39, 0.29) is 6.61 Å². The van der Waals surface area contributed by atoms with Crippen LogP contribution in [0.2, 0.25) is 5.15 Å². The first-order valence-electron chi connectivity index (χ1n) is 9.63. The van der Waals surface area contributed by atoms with E-state index >= 15 is 0 Å². The van der Waals surface area contributed by atoms with E-state index in [4.69, 9.17) is 17.3 Å². The molecule has 6 nitrogen and oxygen atoms in total. The van der Waals surface area contributed by atoms with Crippen molar-refractivity contribution in [3.05, 3.63) is 65.4 Å². The zero-order valence-corrected chi connectivity index (χ0v) is 17.9. The minimum Gasteiger partial charge on any atom is -0.392 e. The van der Waals surface area contributed by atoms with Crippen LogP contribution in [0.5, 0.6) is 0 Å². The molecule has 0 bridgehead atoms. The third kappa shape index (κ3) is 4.72. The Morgan fingerprint density at radius 2 is 1.66 bits per heavy atom. The second-order valence-electron chi connectivity index (χ2n) is 5.51. The molecule has 4 rings (SSSR count). The van der Waals surface area contributed by atoms with Crippen LogP contribution in [0.3, 0.4) is 0 Å². The summed E-state index contributed by atoms with van der Waals surface area (Å²) < 4.78 is 1.88. The maximum atomic E-state index is 9.26. The van der Waals surface area contributed by atoms with E-state index in [2.05, 4.69) is 15.0 Å². The van der Waals surface area contributed by atoms with Crippen LogP contribution in [-0.2, 0) is 6.61 Å². The number of imidazole rings is 1. The maximum Gasteiger partial charge on any atom is 0.166 e. The van der Waals surface area contributed by atoms with Crippen LogP contribution >= 0.6 is 11.6 Å². The standard InChI is InChI=1S/C18H14ClN5O.2C2H6/c19-15-8-7-14-18(23-15)24(12-5-3-11(10-25)4-6-12)17(22-14)13-2-1-9-21-16(13)20;2*1-2/h1-9,25H,10H2,(H2,20,21);2*1-2H3. The molecule has 0 spiro atoms. The Balaban J connectivity index is 0.000000707. The summed E-state index contributed by atoms with van der Waals surface area (Å²) in [5.74, 6) is 1.02. The third-order valence-electron chi connectivity index (χ3n) is 3.93. The highest BCUT2D eigenvalue weighted by Crippen LogP contribution is 2.30. The molecule has 0 radical (unpaired) electrons. The van der Waals surface area contributed by atoms with Crippen LogP contribution in [0, 0.1) is 0 Å². The average molecular weight is 412 g/mol. The van der Waals surface area contributed by atoms with Gasteiger partial charge in [-0.25, -0.2) is 15.0 Å². The van der Waals surface area contributed by atoms with E-state index in [9.17, 15) is 5.11 Å². The molecule has 3 heterocycles. The molecular weight excluding hydrogens is 386 g/mol. The van der Waals surface area contributed by atoms with Gasteiger partial charge in [0.05, 0.1) is 12.2 Å². The number of hydrogen-bond acceptors (Lipinski definition) is 5. The van der Waals surface area contributed by atoms with Crippen molar-refractivity contribution in [3.63, 3.8) is 0 Å². The van der Waals surface area contributed by atoms with Crippen molar-refractivity contribution < 1.29 is 5.11 Å². The number of aliphatic hydroxyl groups excluding tert-OH is 1. The van der Waals surface area contributed by atoms with Crippen molar-refractivity contribution in [3.8, 4) is 17.1 Å². The van der Waals surface area contributed by atoms with E-state index in [1.54, 1.807) is 12.3 Å². The van der Waals surface area contributed by atoms with Gasteiger partial charge in [0.1, 0.15) is 16.5 Å². The van der Waals surface area contributed by atoms with Gasteiger partial charge < -0.3 is 10.8 Å². The Labute approximate surface area is 176 Å². The fraction of sp³-hybridized carbons (Fsp3) is 0.227. The van der Waals surface area contributed by atoms with E-state index in [0.29, 0.717) is 33.5 Å². The van der Waals surface area contributed by atoms with Gasteiger partial charge in [-0.05, 0) is 42.0 Å². The summed E-state index contributed by atoms with van der Waals surface area (Å²) in [5.41, 5.74) is 9.76. The molecule has 0 aliphatic carbocycles. The molecule has 0 fully saturated rings. The lowest BCUT2D eigenvalue weighted by Gasteiger charge is -2.10. The monoisotopic (exact) mass is 411 g/mol. The highest BCUT2D eigenvalue weighted by Gasteiger charge is 2.18. The first-order valence-corrected chi connectivity index (χ1v) is 10.0. The molecule has 0 saturated heterocycles. The maximum absolute atomic E-state index is 9.26. The van der Waals surface area contributed by atoms with Gasteiger partial charge in [-0.2, -0.15) is 0 Å². The zero-order valence-electron chi connectivity index (χ0n) is 17.1. The second kappa shape index (κ2) is 10.5. The molecule has 0 aliphatic heterocycles. The highest BCUT2D eigenvalue weighted by atomic mass is 35.5. The minimum absolute atomic E-state index is 0.0164. The Hall–Kier alpha value is -2.96. The Kier molecular flexibility index (Phi) is 8.12. The molecule has 29 heavy (non-hydrogen) atoms. The number of benzene rings is 1. The first kappa shape index (κ1) is 22.3. The molecule has 152 valence electrons. The largest absolute Gasteiger partial charge is 0.392 e. The summed E-state index contributed by atoms with van der Waals surface area (Å²) in [6.07, 6.45) is 1.64. The number of nitrogens with zero attached hydrogens (tertiary/aromatic N) is 4. The molecule has 0 saturated carbocycles. The molecule has 3 N–H and O–H groups in total. The fourth-order valence-electron chi connectivity index (χ4n) is 2.72. The number of aliphatic hydroxyl groups is 1. The number of pyridine rings is 2. The Bertz CT molecular complexity index is 1060. The smallest absolute Gasteiger partial charge is 0.166 e. The van der Waals surface area contributed by atoms with Gasteiger partial charge in [0.15, 0.2) is 11.5 Å². The van der Waals surface area contributed by atoms with Crippen LogP contribution < -0.4 is 5.73 Å². The number of rotatable bonds is 3. The van der Waals surface area contributed by atoms with Crippen molar-refractivity contribution >= 4 is 28.6 Å². The molecular formula is C22H26ClN5O. The predicted molar refractivity (Wildman–Crippen MR) is 120 cm³/mol. The molecule has 4 aromatic rings. The van der Waals surface area contributed by atoms with Crippen molar-refractivity contribution in [1.29, 1.82) is 0 Å². The quantitative estimate of drug-likeness (QED) is 0.448. The number of nitrogen functional groups attached to an aromatic ring is 1. The lowest BCUT2D eigenvalue weighted by Crippen LogP contribution is -2.02.